The van der Waals surface area contributed by atoms with Crippen LogP contribution in [0.2, 0.25) is 0 Å². The zero-order chi connectivity index (χ0) is 21.4. The van der Waals surface area contributed by atoms with Crippen LogP contribution in [0.5, 0.6) is 23.0 Å². The Labute approximate surface area is 212 Å². The SMILES string of the molecule is CC1COc2cscc2OC1.O=S(=O)([O-])CCCCOCC1COc2cscc2O1.[Na+]. The van der Waals surface area contributed by atoms with Crippen molar-refractivity contribution in [1.82, 2.24) is 0 Å². The minimum atomic E-state index is -4.11. The second kappa shape index (κ2) is 13.2. The van der Waals surface area contributed by atoms with Crippen molar-refractivity contribution in [2.45, 2.75) is 25.9 Å². The largest absolute Gasteiger partial charge is 1.00 e. The molecule has 2 aliphatic heterocycles. The van der Waals surface area contributed by atoms with E-state index in [-0.39, 0.29) is 41.4 Å². The van der Waals surface area contributed by atoms with E-state index in [1.54, 1.807) is 11.3 Å². The number of rotatable bonds is 7. The molecule has 12 heteroatoms. The summed E-state index contributed by atoms with van der Waals surface area (Å²) in [6.45, 7) is 4.90. The van der Waals surface area contributed by atoms with Gasteiger partial charge in [-0.3, -0.25) is 0 Å². The first-order valence-electron chi connectivity index (χ1n) is 9.59. The van der Waals surface area contributed by atoms with E-state index >= 15 is 0 Å². The summed E-state index contributed by atoms with van der Waals surface area (Å²) in [7, 11) is -4.11. The minimum Gasteiger partial charge on any atom is -0.748 e. The Kier molecular flexibility index (Phi) is 11.4. The van der Waals surface area contributed by atoms with Crippen LogP contribution in [-0.2, 0) is 14.9 Å². The van der Waals surface area contributed by atoms with Crippen LogP contribution in [0.4, 0.5) is 0 Å². The molecule has 0 N–H and O–H groups in total. The van der Waals surface area contributed by atoms with Gasteiger partial charge in [-0.05, 0) is 12.8 Å². The average Bonchev–Trinajstić information content (AvgIpc) is 3.32. The fourth-order valence-electron chi connectivity index (χ4n) is 2.64. The molecule has 0 spiro atoms. The minimum absolute atomic E-state index is 0. The van der Waals surface area contributed by atoms with E-state index in [0.29, 0.717) is 38.6 Å². The molecule has 168 valence electrons. The monoisotopic (exact) mass is 500 g/mol. The third-order valence-corrected chi connectivity index (χ3v) is 6.38. The van der Waals surface area contributed by atoms with E-state index in [1.165, 1.54) is 11.3 Å². The molecule has 4 heterocycles. The summed E-state index contributed by atoms with van der Waals surface area (Å²) < 4.78 is 58.6. The van der Waals surface area contributed by atoms with Crippen molar-refractivity contribution in [2.75, 3.05) is 38.8 Å². The summed E-state index contributed by atoms with van der Waals surface area (Å²) in [6, 6.07) is 0. The Morgan fingerprint density at radius 3 is 2.13 bits per heavy atom. The number of unbranched alkanes of at least 4 members (excludes halogenated alkanes) is 1. The van der Waals surface area contributed by atoms with Crippen LogP contribution < -0.4 is 48.5 Å². The van der Waals surface area contributed by atoms with E-state index in [0.717, 1.165) is 36.2 Å². The van der Waals surface area contributed by atoms with Crippen molar-refractivity contribution >= 4 is 32.8 Å². The Morgan fingerprint density at radius 1 is 0.968 bits per heavy atom. The van der Waals surface area contributed by atoms with Gasteiger partial charge in [0.05, 0.1) is 29.9 Å². The number of hydrogen-bond donors (Lipinski definition) is 0. The third kappa shape index (κ3) is 9.47. The van der Waals surface area contributed by atoms with Gasteiger partial charge in [-0.2, -0.15) is 0 Å². The van der Waals surface area contributed by atoms with Crippen molar-refractivity contribution in [3.05, 3.63) is 21.5 Å². The molecule has 1 atom stereocenters. The Balaban J connectivity index is 0.000000242. The van der Waals surface area contributed by atoms with Crippen molar-refractivity contribution < 1.29 is 66.2 Å². The Hall–Kier alpha value is -0.530. The quantitative estimate of drug-likeness (QED) is 0.306. The summed E-state index contributed by atoms with van der Waals surface area (Å²) in [5, 5.41) is 7.72. The molecule has 0 fully saturated rings. The maximum absolute atomic E-state index is 10.4. The molecule has 0 radical (unpaired) electrons. The first-order chi connectivity index (χ1) is 14.4. The van der Waals surface area contributed by atoms with E-state index in [9.17, 15) is 13.0 Å². The molecule has 1 unspecified atom stereocenters. The summed E-state index contributed by atoms with van der Waals surface area (Å²) in [5.41, 5.74) is 0. The van der Waals surface area contributed by atoms with E-state index in [2.05, 4.69) is 6.92 Å². The maximum Gasteiger partial charge on any atom is 1.00 e. The van der Waals surface area contributed by atoms with Crippen LogP contribution in [-0.4, -0.2) is 57.9 Å². The molecule has 0 aromatic carbocycles. The van der Waals surface area contributed by atoms with E-state index in [1.807, 2.05) is 21.5 Å². The Bertz CT molecular complexity index is 860. The van der Waals surface area contributed by atoms with Crippen LogP contribution in [0.15, 0.2) is 21.5 Å². The second-order valence-electron chi connectivity index (χ2n) is 7.02. The van der Waals surface area contributed by atoms with Gasteiger partial charge in [0, 0.05) is 39.8 Å². The van der Waals surface area contributed by atoms with Crippen LogP contribution >= 0.6 is 22.7 Å². The standard InChI is InChI=1S/C11H16O6S2.C8H10O2S.Na/c12-19(13,14)4-2-1-3-15-5-9-6-16-10-7-18-8-11(10)17-9;1-6-2-9-7-4-11-5-8(7)10-3-6;/h7-9H,1-6H2,(H,12,13,14);4-6H,2-3H2,1H3;/q;;+1/p-1. The van der Waals surface area contributed by atoms with Gasteiger partial charge >= 0.3 is 29.6 Å². The van der Waals surface area contributed by atoms with Crippen molar-refractivity contribution in [2.24, 2.45) is 5.92 Å². The van der Waals surface area contributed by atoms with Crippen LogP contribution in [0.3, 0.4) is 0 Å². The van der Waals surface area contributed by atoms with E-state index in [4.69, 9.17) is 23.7 Å². The van der Waals surface area contributed by atoms with Crippen LogP contribution in [0, 0.1) is 5.92 Å². The number of thiophene rings is 2. The molecule has 2 aromatic heterocycles. The molecule has 0 saturated carbocycles. The van der Waals surface area contributed by atoms with Gasteiger partial charge in [-0.1, -0.05) is 6.92 Å². The van der Waals surface area contributed by atoms with Gasteiger partial charge in [0.25, 0.3) is 0 Å². The topological polar surface area (TPSA) is 103 Å². The Morgan fingerprint density at radius 2 is 1.52 bits per heavy atom. The molecule has 0 saturated heterocycles. The van der Waals surface area contributed by atoms with Gasteiger partial charge in [0.2, 0.25) is 0 Å². The molecule has 2 aliphatic rings. The zero-order valence-corrected chi connectivity index (χ0v) is 22.1. The number of ether oxygens (including phenoxy) is 5. The molecule has 2 aromatic rings. The predicted molar refractivity (Wildman–Crippen MR) is 113 cm³/mol. The van der Waals surface area contributed by atoms with Gasteiger partial charge in [-0.25, -0.2) is 8.42 Å². The summed E-state index contributed by atoms with van der Waals surface area (Å²) in [5.74, 6) is 3.47. The number of hydrogen-bond acceptors (Lipinski definition) is 10. The van der Waals surface area contributed by atoms with Gasteiger partial charge in [0.15, 0.2) is 29.1 Å². The average molecular weight is 501 g/mol. The molecule has 8 nitrogen and oxygen atoms in total. The van der Waals surface area contributed by atoms with Gasteiger partial charge in [-0.15, -0.1) is 22.7 Å². The smallest absolute Gasteiger partial charge is 0.748 e. The third-order valence-electron chi connectivity index (χ3n) is 4.19. The summed E-state index contributed by atoms with van der Waals surface area (Å²) in [6.07, 6.45) is 0.715. The zero-order valence-electron chi connectivity index (χ0n) is 17.6. The molecular weight excluding hydrogens is 475 g/mol. The van der Waals surface area contributed by atoms with Crippen molar-refractivity contribution in [1.29, 1.82) is 0 Å². The maximum atomic E-state index is 10.4. The fraction of sp³-hybridized carbons (Fsp3) is 0.579. The molecule has 0 bridgehead atoms. The van der Waals surface area contributed by atoms with Gasteiger partial charge < -0.3 is 28.2 Å². The molecular formula is C19H25NaO8S3. The fourth-order valence-corrected chi connectivity index (χ4v) is 4.55. The van der Waals surface area contributed by atoms with Gasteiger partial charge in [0.1, 0.15) is 6.61 Å². The normalized spacial score (nSPS) is 17.7. The summed E-state index contributed by atoms with van der Waals surface area (Å²) in [4.78, 5) is 0. The van der Waals surface area contributed by atoms with Crippen LogP contribution in [0.25, 0.3) is 0 Å². The second-order valence-corrected chi connectivity index (χ2v) is 10.0. The molecule has 0 aliphatic carbocycles. The molecule has 0 amide bonds. The van der Waals surface area contributed by atoms with Crippen molar-refractivity contribution in [3.63, 3.8) is 0 Å². The molecule has 4 rings (SSSR count). The number of fused-ring (bicyclic) bond motifs is 2. The first-order valence-corrected chi connectivity index (χ1v) is 13.1. The predicted octanol–water partition coefficient (Wildman–Crippen LogP) is 0.389. The van der Waals surface area contributed by atoms with Crippen LogP contribution in [0.1, 0.15) is 19.8 Å². The molecule has 31 heavy (non-hydrogen) atoms. The van der Waals surface area contributed by atoms with Crippen molar-refractivity contribution in [3.8, 4) is 23.0 Å². The first kappa shape index (κ1) is 26.7. The van der Waals surface area contributed by atoms with E-state index < -0.39 is 10.1 Å². The summed E-state index contributed by atoms with van der Waals surface area (Å²) >= 11 is 3.13.